The zero-order chi connectivity index (χ0) is 17.1. The van der Waals surface area contributed by atoms with E-state index < -0.39 is 0 Å². The van der Waals surface area contributed by atoms with Crippen molar-refractivity contribution in [2.45, 2.75) is 18.9 Å². The summed E-state index contributed by atoms with van der Waals surface area (Å²) in [6.07, 6.45) is 3.69. The molecule has 25 heavy (non-hydrogen) atoms. The third-order valence-corrected chi connectivity index (χ3v) is 4.05. The fourth-order valence-electron chi connectivity index (χ4n) is 2.57. The predicted molar refractivity (Wildman–Crippen MR) is 97.7 cm³/mol. The molecule has 4 rings (SSSR count). The molecule has 5 heteroatoms. The first-order valence-corrected chi connectivity index (χ1v) is 8.33. The number of carbonyl (C=O) groups excluding carboxylic acids is 1. The molecule has 0 saturated heterocycles. The molecule has 0 spiro atoms. The molecule has 1 saturated carbocycles. The maximum absolute atomic E-state index is 12.2. The van der Waals surface area contributed by atoms with Gasteiger partial charge in [-0.3, -0.25) is 4.79 Å². The molecule has 1 aliphatic rings. The van der Waals surface area contributed by atoms with Gasteiger partial charge in [0.05, 0.1) is 5.69 Å². The normalized spacial score (nSPS) is 13.3. The van der Waals surface area contributed by atoms with Gasteiger partial charge in [0.2, 0.25) is 0 Å². The van der Waals surface area contributed by atoms with E-state index in [1.807, 2.05) is 60.7 Å². The Morgan fingerprint density at radius 2 is 1.80 bits per heavy atom. The maximum atomic E-state index is 12.2. The molecule has 0 radical (unpaired) electrons. The van der Waals surface area contributed by atoms with E-state index in [1.165, 1.54) is 6.33 Å². The van der Waals surface area contributed by atoms with Gasteiger partial charge in [-0.15, -0.1) is 0 Å². The van der Waals surface area contributed by atoms with Crippen LogP contribution in [0.15, 0.2) is 67.0 Å². The Hall–Kier alpha value is -3.21. The van der Waals surface area contributed by atoms with Crippen molar-refractivity contribution < 1.29 is 4.79 Å². The minimum Gasteiger partial charge on any atom is -0.349 e. The number of nitrogens with one attached hydrogen (secondary N) is 2. The van der Waals surface area contributed by atoms with Crippen LogP contribution >= 0.6 is 0 Å². The highest BCUT2D eigenvalue weighted by molar-refractivity contribution is 5.95. The van der Waals surface area contributed by atoms with Gasteiger partial charge in [-0.05, 0) is 31.0 Å². The standard InChI is InChI=1S/C20H18N4O/c25-20(24-16-9-10-16)15-7-4-8-17(11-15)23-19-12-18(21-13-22-19)14-5-2-1-3-6-14/h1-8,11-13,16H,9-10H2,(H,24,25)(H,21,22,23). The Kier molecular flexibility index (Phi) is 4.12. The van der Waals surface area contributed by atoms with E-state index >= 15 is 0 Å². The van der Waals surface area contributed by atoms with Gasteiger partial charge in [0, 0.05) is 28.9 Å². The highest BCUT2D eigenvalue weighted by Crippen LogP contribution is 2.22. The molecule has 0 atom stereocenters. The van der Waals surface area contributed by atoms with Crippen LogP contribution in [0.3, 0.4) is 0 Å². The number of carbonyl (C=O) groups is 1. The van der Waals surface area contributed by atoms with Gasteiger partial charge >= 0.3 is 0 Å². The lowest BCUT2D eigenvalue weighted by Crippen LogP contribution is -2.25. The van der Waals surface area contributed by atoms with Crippen molar-refractivity contribution in [1.29, 1.82) is 0 Å². The topological polar surface area (TPSA) is 66.9 Å². The van der Waals surface area contributed by atoms with Gasteiger partial charge < -0.3 is 10.6 Å². The van der Waals surface area contributed by atoms with E-state index in [4.69, 9.17) is 0 Å². The number of amides is 1. The molecule has 1 aliphatic carbocycles. The summed E-state index contributed by atoms with van der Waals surface area (Å²) >= 11 is 0. The summed E-state index contributed by atoms with van der Waals surface area (Å²) in [6, 6.07) is 19.6. The summed E-state index contributed by atoms with van der Waals surface area (Å²) in [6.45, 7) is 0. The number of nitrogens with zero attached hydrogens (tertiary/aromatic N) is 2. The Morgan fingerprint density at radius 3 is 2.60 bits per heavy atom. The molecule has 1 heterocycles. The monoisotopic (exact) mass is 330 g/mol. The number of aromatic nitrogens is 2. The molecule has 1 amide bonds. The molecular formula is C20H18N4O. The van der Waals surface area contributed by atoms with Gasteiger partial charge in [0.25, 0.3) is 5.91 Å². The minimum atomic E-state index is -0.0289. The van der Waals surface area contributed by atoms with Crippen molar-refractivity contribution >= 4 is 17.4 Å². The van der Waals surface area contributed by atoms with Crippen LogP contribution < -0.4 is 10.6 Å². The molecule has 5 nitrogen and oxygen atoms in total. The smallest absolute Gasteiger partial charge is 0.251 e. The van der Waals surface area contributed by atoms with Crippen LogP contribution in [0.4, 0.5) is 11.5 Å². The highest BCUT2D eigenvalue weighted by atomic mass is 16.1. The summed E-state index contributed by atoms with van der Waals surface area (Å²) in [5, 5.41) is 6.25. The van der Waals surface area contributed by atoms with Gasteiger partial charge in [-0.25, -0.2) is 9.97 Å². The lowest BCUT2D eigenvalue weighted by Gasteiger charge is -2.09. The Bertz CT molecular complexity index is 891. The van der Waals surface area contributed by atoms with Crippen molar-refractivity contribution in [2.24, 2.45) is 0 Å². The average molecular weight is 330 g/mol. The maximum Gasteiger partial charge on any atom is 0.251 e. The van der Waals surface area contributed by atoms with Gasteiger partial charge in [-0.2, -0.15) is 0 Å². The molecule has 0 unspecified atom stereocenters. The molecule has 0 bridgehead atoms. The van der Waals surface area contributed by atoms with Crippen molar-refractivity contribution in [3.63, 3.8) is 0 Å². The van der Waals surface area contributed by atoms with Crippen molar-refractivity contribution in [3.8, 4) is 11.3 Å². The molecule has 2 N–H and O–H groups in total. The van der Waals surface area contributed by atoms with Crippen LogP contribution in [0.5, 0.6) is 0 Å². The molecule has 2 aromatic carbocycles. The molecule has 1 fully saturated rings. The van der Waals surface area contributed by atoms with Crippen molar-refractivity contribution in [1.82, 2.24) is 15.3 Å². The van der Waals surface area contributed by atoms with E-state index in [1.54, 1.807) is 0 Å². The third kappa shape index (κ3) is 3.83. The van der Waals surface area contributed by atoms with Gasteiger partial charge in [0.1, 0.15) is 12.1 Å². The van der Waals surface area contributed by atoms with Gasteiger partial charge in [0.15, 0.2) is 0 Å². The zero-order valence-corrected chi connectivity index (χ0v) is 13.6. The van der Waals surface area contributed by atoms with Crippen LogP contribution in [0.1, 0.15) is 23.2 Å². The SMILES string of the molecule is O=C(NC1CC1)c1cccc(Nc2cc(-c3ccccc3)ncn2)c1. The van der Waals surface area contributed by atoms with E-state index in [-0.39, 0.29) is 5.91 Å². The summed E-state index contributed by atoms with van der Waals surface area (Å²) < 4.78 is 0. The lowest BCUT2D eigenvalue weighted by atomic mass is 10.1. The second-order valence-corrected chi connectivity index (χ2v) is 6.11. The Balaban J connectivity index is 1.53. The van der Waals surface area contributed by atoms with E-state index in [9.17, 15) is 4.79 Å². The molecule has 124 valence electrons. The molecule has 0 aliphatic heterocycles. The van der Waals surface area contributed by atoms with Gasteiger partial charge in [-0.1, -0.05) is 36.4 Å². The van der Waals surface area contributed by atoms with E-state index in [0.717, 1.165) is 29.8 Å². The van der Waals surface area contributed by atoms with E-state index in [2.05, 4.69) is 20.6 Å². The van der Waals surface area contributed by atoms with E-state index in [0.29, 0.717) is 17.4 Å². The highest BCUT2D eigenvalue weighted by Gasteiger charge is 2.23. The third-order valence-electron chi connectivity index (χ3n) is 4.05. The average Bonchev–Trinajstić information content (AvgIpc) is 3.47. The largest absolute Gasteiger partial charge is 0.349 e. The Morgan fingerprint density at radius 1 is 0.960 bits per heavy atom. The number of rotatable bonds is 5. The first-order valence-electron chi connectivity index (χ1n) is 8.33. The lowest BCUT2D eigenvalue weighted by molar-refractivity contribution is 0.0951. The van der Waals surface area contributed by atoms with Crippen molar-refractivity contribution in [2.75, 3.05) is 5.32 Å². The van der Waals surface area contributed by atoms with Crippen LogP contribution in [0, 0.1) is 0 Å². The van der Waals surface area contributed by atoms with Crippen LogP contribution in [-0.4, -0.2) is 21.9 Å². The number of hydrogen-bond donors (Lipinski definition) is 2. The summed E-state index contributed by atoms with van der Waals surface area (Å²) in [7, 11) is 0. The minimum absolute atomic E-state index is 0.0289. The summed E-state index contributed by atoms with van der Waals surface area (Å²) in [5.74, 6) is 0.660. The molecular weight excluding hydrogens is 312 g/mol. The van der Waals surface area contributed by atoms with Crippen molar-refractivity contribution in [3.05, 3.63) is 72.6 Å². The molecule has 1 aromatic heterocycles. The number of anilines is 2. The second-order valence-electron chi connectivity index (χ2n) is 6.11. The van der Waals surface area contributed by atoms with Crippen LogP contribution in [0.2, 0.25) is 0 Å². The van der Waals surface area contributed by atoms with Crippen LogP contribution in [0.25, 0.3) is 11.3 Å². The fraction of sp³-hybridized carbons (Fsp3) is 0.150. The zero-order valence-electron chi connectivity index (χ0n) is 13.6. The quantitative estimate of drug-likeness (QED) is 0.747. The first-order chi connectivity index (χ1) is 12.3. The Labute approximate surface area is 146 Å². The predicted octanol–water partition coefficient (Wildman–Crippen LogP) is 3.78. The molecule has 3 aromatic rings. The number of hydrogen-bond acceptors (Lipinski definition) is 4. The first kappa shape index (κ1) is 15.3. The second kappa shape index (κ2) is 6.73. The fourth-order valence-corrected chi connectivity index (χ4v) is 2.57. The summed E-state index contributed by atoms with van der Waals surface area (Å²) in [4.78, 5) is 20.8. The number of benzene rings is 2. The van der Waals surface area contributed by atoms with Crippen LogP contribution in [-0.2, 0) is 0 Å². The summed E-state index contributed by atoms with van der Waals surface area (Å²) in [5.41, 5.74) is 3.35.